The van der Waals surface area contributed by atoms with Crippen LogP contribution in [0.4, 0.5) is 5.82 Å². The molecule has 0 saturated carbocycles. The highest BCUT2D eigenvalue weighted by molar-refractivity contribution is 6.00. The summed E-state index contributed by atoms with van der Waals surface area (Å²) < 4.78 is 3.37. The molecule has 11 heteroatoms. The van der Waals surface area contributed by atoms with E-state index in [0.717, 1.165) is 41.9 Å². The monoisotopic (exact) mass is 514 g/mol. The van der Waals surface area contributed by atoms with Gasteiger partial charge in [0.1, 0.15) is 18.1 Å². The first kappa shape index (κ1) is 24.2. The first-order valence-electron chi connectivity index (χ1n) is 13.0. The fourth-order valence-corrected chi connectivity index (χ4v) is 6.16. The van der Waals surface area contributed by atoms with Crippen LogP contribution in [0.1, 0.15) is 61.5 Å². The Labute approximate surface area is 219 Å². The number of pyridine rings is 1. The van der Waals surface area contributed by atoms with E-state index < -0.39 is 6.61 Å². The fourth-order valence-electron chi connectivity index (χ4n) is 6.16. The van der Waals surface area contributed by atoms with E-state index in [1.54, 1.807) is 12.4 Å². The van der Waals surface area contributed by atoms with Crippen molar-refractivity contribution in [3.8, 4) is 22.5 Å². The maximum atomic E-state index is 12.8. The van der Waals surface area contributed by atoms with Crippen LogP contribution in [0, 0.1) is 0 Å². The van der Waals surface area contributed by atoms with Crippen molar-refractivity contribution < 1.29 is 14.7 Å². The van der Waals surface area contributed by atoms with E-state index >= 15 is 0 Å². The predicted octanol–water partition coefficient (Wildman–Crippen LogP) is 2.69. The Morgan fingerprint density at radius 3 is 2.47 bits per heavy atom. The molecule has 4 aromatic heterocycles. The van der Waals surface area contributed by atoms with Gasteiger partial charge in [0.15, 0.2) is 11.4 Å². The Kier molecular flexibility index (Phi) is 5.94. The Balaban J connectivity index is 1.39. The number of nitrogen functional groups attached to an aromatic ring is 1. The van der Waals surface area contributed by atoms with Gasteiger partial charge in [0, 0.05) is 48.1 Å². The summed E-state index contributed by atoms with van der Waals surface area (Å²) in [4.78, 5) is 36.5. The second-order valence-electron chi connectivity index (χ2n) is 10.1. The van der Waals surface area contributed by atoms with Gasteiger partial charge in [-0.3, -0.25) is 19.3 Å². The molecule has 2 fully saturated rings. The lowest BCUT2D eigenvalue weighted by molar-refractivity contribution is -0.138. The van der Waals surface area contributed by atoms with E-state index in [0.29, 0.717) is 29.7 Å². The molecule has 2 unspecified atom stereocenters. The number of amides is 1. The summed E-state index contributed by atoms with van der Waals surface area (Å²) in [5.74, 6) is -0.165. The van der Waals surface area contributed by atoms with Crippen LogP contribution in [0.5, 0.6) is 0 Å². The Bertz CT molecular complexity index is 1530. The fraction of sp³-hybridized carbons (Fsp3) is 0.407. The largest absolute Gasteiger partial charge is 0.387 e. The maximum absolute atomic E-state index is 12.8. The molecular formula is C27H30N8O3. The van der Waals surface area contributed by atoms with E-state index in [1.807, 2.05) is 40.9 Å². The van der Waals surface area contributed by atoms with Gasteiger partial charge in [-0.15, -0.1) is 0 Å². The molecule has 2 aliphatic heterocycles. The van der Waals surface area contributed by atoms with Gasteiger partial charge in [0.05, 0.1) is 23.1 Å². The van der Waals surface area contributed by atoms with Crippen molar-refractivity contribution in [2.24, 2.45) is 0 Å². The van der Waals surface area contributed by atoms with E-state index in [1.165, 1.54) is 11.4 Å². The molecule has 0 spiro atoms. The lowest BCUT2D eigenvalue weighted by atomic mass is 9.85. The van der Waals surface area contributed by atoms with E-state index in [4.69, 9.17) is 10.7 Å². The topological polar surface area (TPSA) is 145 Å². The second kappa shape index (κ2) is 9.32. The van der Waals surface area contributed by atoms with Gasteiger partial charge in [-0.05, 0) is 51.7 Å². The maximum Gasteiger partial charge on any atom is 0.248 e. The highest BCUT2D eigenvalue weighted by atomic mass is 16.3. The van der Waals surface area contributed by atoms with Crippen molar-refractivity contribution in [2.75, 3.05) is 12.3 Å². The third kappa shape index (κ3) is 3.85. The number of nitrogens with zero attached hydrogens (tertiary/aromatic N) is 7. The van der Waals surface area contributed by atoms with E-state index in [9.17, 15) is 14.7 Å². The Hall–Kier alpha value is -4.12. The molecular weight excluding hydrogens is 484 g/mol. The highest BCUT2D eigenvalue weighted by Crippen LogP contribution is 2.44. The van der Waals surface area contributed by atoms with Crippen molar-refractivity contribution in [3.05, 3.63) is 48.0 Å². The van der Waals surface area contributed by atoms with Crippen LogP contribution in [0.25, 0.3) is 28.2 Å². The zero-order valence-electron chi connectivity index (χ0n) is 21.4. The molecule has 2 bridgehead atoms. The molecule has 3 N–H and O–H groups in total. The minimum Gasteiger partial charge on any atom is -0.387 e. The van der Waals surface area contributed by atoms with Gasteiger partial charge in [-0.25, -0.2) is 4.98 Å². The van der Waals surface area contributed by atoms with Crippen LogP contribution >= 0.6 is 0 Å². The average molecular weight is 515 g/mol. The van der Waals surface area contributed by atoms with Gasteiger partial charge < -0.3 is 15.7 Å². The molecule has 11 nitrogen and oxygen atoms in total. The van der Waals surface area contributed by atoms with Gasteiger partial charge in [-0.1, -0.05) is 6.07 Å². The molecule has 2 aliphatic rings. The second-order valence-corrected chi connectivity index (χ2v) is 10.1. The number of nitrogens with two attached hydrogens (primary N) is 1. The summed E-state index contributed by atoms with van der Waals surface area (Å²) in [6.07, 6.45) is 8.50. The van der Waals surface area contributed by atoms with Crippen molar-refractivity contribution in [1.82, 2.24) is 34.3 Å². The molecule has 196 valence electrons. The van der Waals surface area contributed by atoms with E-state index in [2.05, 4.69) is 15.2 Å². The van der Waals surface area contributed by atoms with Gasteiger partial charge in [0.2, 0.25) is 5.91 Å². The number of aromatic nitrogens is 6. The predicted molar refractivity (Wildman–Crippen MR) is 140 cm³/mol. The molecule has 0 aliphatic carbocycles. The van der Waals surface area contributed by atoms with Crippen LogP contribution in [-0.2, 0) is 11.3 Å². The quantitative estimate of drug-likeness (QED) is 0.374. The normalized spacial score (nSPS) is 20.8. The highest BCUT2D eigenvalue weighted by Gasteiger charge is 2.44. The minimum atomic E-state index is -0.486. The van der Waals surface area contributed by atoms with Gasteiger partial charge in [-0.2, -0.15) is 14.7 Å². The molecule has 38 heavy (non-hydrogen) atoms. The van der Waals surface area contributed by atoms with Crippen molar-refractivity contribution in [3.63, 3.8) is 0 Å². The van der Waals surface area contributed by atoms with Crippen LogP contribution in [0.3, 0.4) is 0 Å². The SMILES string of the molecule is CCn1ccc(-c2ccc(-c3cnn4c(N)c(C(C)=O)c(C5CC6CCC(C5)N6C(=O)CO)nc34)cn2)n1. The lowest BCUT2D eigenvalue weighted by Crippen LogP contribution is -2.47. The standard InChI is InChI=1S/C27H30N8O3/c1-3-33-9-8-22(32-33)21-7-4-16(12-29-21)20-13-30-35-26(28)24(15(2)37)25(31-27(20)35)17-10-18-5-6-19(11-17)34(18)23(38)14-36/h4,7-9,12-13,17-19,36H,3,5-6,10-11,14,28H2,1-2H3. The molecule has 2 saturated heterocycles. The van der Waals surface area contributed by atoms with Crippen LogP contribution in [0.2, 0.25) is 0 Å². The number of anilines is 1. The van der Waals surface area contributed by atoms with Crippen LogP contribution in [-0.4, -0.2) is 69.7 Å². The summed E-state index contributed by atoms with van der Waals surface area (Å²) >= 11 is 0. The van der Waals surface area contributed by atoms with Crippen LogP contribution in [0.15, 0.2) is 36.8 Å². The molecule has 6 heterocycles. The third-order valence-corrected chi connectivity index (χ3v) is 7.91. The summed E-state index contributed by atoms with van der Waals surface area (Å²) in [5, 5.41) is 18.4. The minimum absolute atomic E-state index is 0.0229. The number of carbonyl (C=O) groups is 2. The number of Topliss-reactive ketones (excluding diaryl/α,β-unsaturated/α-hetero) is 1. The zero-order chi connectivity index (χ0) is 26.6. The number of hydrogen-bond donors (Lipinski definition) is 2. The first-order valence-corrected chi connectivity index (χ1v) is 13.0. The summed E-state index contributed by atoms with van der Waals surface area (Å²) in [6.45, 7) is 3.83. The molecule has 6 rings (SSSR count). The number of hydrogen-bond acceptors (Lipinski definition) is 8. The Morgan fingerprint density at radius 1 is 1.11 bits per heavy atom. The molecule has 0 radical (unpaired) electrons. The number of aliphatic hydroxyl groups is 1. The average Bonchev–Trinajstić information content (AvgIpc) is 3.64. The van der Waals surface area contributed by atoms with Crippen LogP contribution < -0.4 is 5.73 Å². The molecule has 1 amide bonds. The summed E-state index contributed by atoms with van der Waals surface area (Å²) in [7, 11) is 0. The zero-order valence-corrected chi connectivity index (χ0v) is 21.4. The number of piperidine rings is 1. The summed E-state index contributed by atoms with van der Waals surface area (Å²) in [6, 6.07) is 5.86. The Morgan fingerprint density at radius 2 is 1.87 bits per heavy atom. The van der Waals surface area contributed by atoms with Crippen molar-refractivity contribution in [1.29, 1.82) is 0 Å². The van der Waals surface area contributed by atoms with Crippen molar-refractivity contribution >= 4 is 23.2 Å². The third-order valence-electron chi connectivity index (χ3n) is 7.91. The number of ketones is 1. The molecule has 2 atom stereocenters. The summed E-state index contributed by atoms with van der Waals surface area (Å²) in [5.41, 5.74) is 11.3. The van der Waals surface area contributed by atoms with E-state index in [-0.39, 0.29) is 35.5 Å². The van der Waals surface area contributed by atoms with Gasteiger partial charge >= 0.3 is 0 Å². The molecule has 0 aromatic carbocycles. The van der Waals surface area contributed by atoms with Crippen molar-refractivity contribution in [2.45, 2.75) is 64.1 Å². The smallest absolute Gasteiger partial charge is 0.248 e. The number of fused-ring (bicyclic) bond motifs is 3. The number of aliphatic hydroxyl groups excluding tert-OH is 1. The number of rotatable bonds is 6. The number of carbonyl (C=O) groups excluding carboxylic acids is 2. The van der Waals surface area contributed by atoms with Gasteiger partial charge in [0.25, 0.3) is 0 Å². The lowest BCUT2D eigenvalue weighted by Gasteiger charge is -2.39. The number of aryl methyl sites for hydroxylation is 1. The first-order chi connectivity index (χ1) is 18.4. The molecule has 4 aromatic rings.